The van der Waals surface area contributed by atoms with Gasteiger partial charge < -0.3 is 5.32 Å². The van der Waals surface area contributed by atoms with Crippen LogP contribution >= 0.6 is 11.6 Å². The highest BCUT2D eigenvalue weighted by molar-refractivity contribution is 6.31. The highest BCUT2D eigenvalue weighted by Gasteiger charge is 2.00. The van der Waals surface area contributed by atoms with Crippen molar-refractivity contribution in [1.29, 1.82) is 5.26 Å². The molecule has 3 nitrogen and oxygen atoms in total. The minimum absolute atomic E-state index is 0.448. The van der Waals surface area contributed by atoms with Crippen molar-refractivity contribution < 1.29 is 0 Å². The largest absolute Gasteiger partial charge is 0.378 e. The summed E-state index contributed by atoms with van der Waals surface area (Å²) in [6, 6.07) is 13.2. The van der Waals surface area contributed by atoms with Crippen LogP contribution in [0.3, 0.4) is 0 Å². The number of anilines is 1. The molecule has 0 aliphatic carbocycles. The minimum Gasteiger partial charge on any atom is -0.378 e. The number of nitrogens with zero attached hydrogens (tertiary/aromatic N) is 2. The van der Waals surface area contributed by atoms with Gasteiger partial charge in [-0.1, -0.05) is 23.7 Å². The molecule has 1 aromatic carbocycles. The number of benzene rings is 1. The van der Waals surface area contributed by atoms with Gasteiger partial charge in [-0.25, -0.2) is 4.98 Å². The van der Waals surface area contributed by atoms with Gasteiger partial charge in [0.15, 0.2) is 5.15 Å². The van der Waals surface area contributed by atoms with E-state index < -0.39 is 0 Å². The van der Waals surface area contributed by atoms with Crippen molar-refractivity contribution in [1.82, 2.24) is 4.98 Å². The summed E-state index contributed by atoms with van der Waals surface area (Å²) >= 11 is 5.92. The van der Waals surface area contributed by atoms with Crippen LogP contribution < -0.4 is 5.32 Å². The Morgan fingerprint density at radius 2 is 2.18 bits per heavy atom. The normalized spacial score (nSPS) is 9.65. The fourth-order valence-corrected chi connectivity index (χ4v) is 1.65. The second-order valence-electron chi connectivity index (χ2n) is 3.51. The average Bonchev–Trinajstić information content (AvgIpc) is 2.38. The van der Waals surface area contributed by atoms with E-state index in [1.807, 2.05) is 30.3 Å². The van der Waals surface area contributed by atoms with Crippen LogP contribution in [0.1, 0.15) is 11.1 Å². The zero-order valence-electron chi connectivity index (χ0n) is 9.02. The average molecular weight is 244 g/mol. The van der Waals surface area contributed by atoms with Crippen molar-refractivity contribution in [2.24, 2.45) is 0 Å². The lowest BCUT2D eigenvalue weighted by atomic mass is 10.1. The molecule has 0 spiro atoms. The molecule has 0 atom stereocenters. The van der Waals surface area contributed by atoms with Crippen molar-refractivity contribution >= 4 is 17.3 Å². The molecule has 1 N–H and O–H groups in total. The molecule has 17 heavy (non-hydrogen) atoms. The SMILES string of the molecule is N#Cc1cccc(CNc2cccnc2Cl)c1. The number of hydrogen-bond acceptors (Lipinski definition) is 3. The first-order chi connectivity index (χ1) is 8.29. The standard InChI is InChI=1S/C13H10ClN3/c14-13-12(5-2-6-16-13)17-9-11-4-1-3-10(7-11)8-15/h1-7,17H,9H2. The molecule has 0 amide bonds. The Balaban J connectivity index is 2.08. The van der Waals surface area contributed by atoms with Crippen molar-refractivity contribution in [3.05, 3.63) is 58.9 Å². The first kappa shape index (κ1) is 11.4. The van der Waals surface area contributed by atoms with Crippen LogP contribution in [0.4, 0.5) is 5.69 Å². The Kier molecular flexibility index (Phi) is 3.59. The Morgan fingerprint density at radius 3 is 2.94 bits per heavy atom. The minimum atomic E-state index is 0.448. The van der Waals surface area contributed by atoms with Crippen LogP contribution in [-0.2, 0) is 6.54 Å². The maximum Gasteiger partial charge on any atom is 0.152 e. The summed E-state index contributed by atoms with van der Waals surface area (Å²) in [6.07, 6.45) is 1.64. The summed E-state index contributed by atoms with van der Waals surface area (Å²) < 4.78 is 0. The maximum absolute atomic E-state index is 8.79. The summed E-state index contributed by atoms with van der Waals surface area (Å²) in [5.74, 6) is 0. The zero-order chi connectivity index (χ0) is 12.1. The van der Waals surface area contributed by atoms with Crippen LogP contribution in [0.25, 0.3) is 0 Å². The number of hydrogen-bond donors (Lipinski definition) is 1. The molecular weight excluding hydrogens is 234 g/mol. The van der Waals surface area contributed by atoms with Crippen LogP contribution in [0.15, 0.2) is 42.6 Å². The molecule has 2 rings (SSSR count). The van der Waals surface area contributed by atoms with Crippen molar-refractivity contribution in [2.75, 3.05) is 5.32 Å². The van der Waals surface area contributed by atoms with E-state index in [9.17, 15) is 0 Å². The van der Waals surface area contributed by atoms with E-state index in [2.05, 4.69) is 16.4 Å². The Morgan fingerprint density at radius 1 is 1.29 bits per heavy atom. The fraction of sp³-hybridized carbons (Fsp3) is 0.0769. The number of nitriles is 1. The summed E-state index contributed by atoms with van der Waals surface area (Å²) in [5, 5.41) is 12.4. The Labute approximate surface area is 105 Å². The highest BCUT2D eigenvalue weighted by Crippen LogP contribution is 2.18. The maximum atomic E-state index is 8.79. The van der Waals surface area contributed by atoms with E-state index in [-0.39, 0.29) is 0 Å². The van der Waals surface area contributed by atoms with E-state index in [0.29, 0.717) is 17.3 Å². The van der Waals surface area contributed by atoms with Gasteiger partial charge in [0.05, 0.1) is 17.3 Å². The van der Waals surface area contributed by atoms with E-state index >= 15 is 0 Å². The number of rotatable bonds is 3. The molecular formula is C13H10ClN3. The van der Waals surface area contributed by atoms with Gasteiger partial charge >= 0.3 is 0 Å². The third-order valence-electron chi connectivity index (χ3n) is 2.30. The van der Waals surface area contributed by atoms with Crippen molar-refractivity contribution in [3.8, 4) is 6.07 Å². The van der Waals surface area contributed by atoms with Gasteiger partial charge in [0.2, 0.25) is 0 Å². The molecule has 0 aliphatic rings. The third kappa shape index (κ3) is 2.96. The van der Waals surface area contributed by atoms with Gasteiger partial charge in [-0.2, -0.15) is 5.26 Å². The van der Waals surface area contributed by atoms with Crippen LogP contribution in [0.5, 0.6) is 0 Å². The first-order valence-corrected chi connectivity index (χ1v) is 5.51. The molecule has 0 saturated heterocycles. The molecule has 84 valence electrons. The lowest BCUT2D eigenvalue weighted by molar-refractivity contribution is 1.13. The van der Waals surface area contributed by atoms with Crippen LogP contribution in [0, 0.1) is 11.3 Å². The van der Waals surface area contributed by atoms with Crippen LogP contribution in [0.2, 0.25) is 5.15 Å². The predicted octanol–water partition coefficient (Wildman–Crippen LogP) is 3.22. The summed E-state index contributed by atoms with van der Waals surface area (Å²) in [6.45, 7) is 0.612. The van der Waals surface area contributed by atoms with E-state index in [1.54, 1.807) is 12.3 Å². The summed E-state index contributed by atoms with van der Waals surface area (Å²) in [7, 11) is 0. The lowest BCUT2D eigenvalue weighted by Crippen LogP contribution is -2.00. The molecule has 2 aromatic rings. The van der Waals surface area contributed by atoms with Gasteiger partial charge in [0.1, 0.15) is 0 Å². The molecule has 0 unspecified atom stereocenters. The number of aromatic nitrogens is 1. The lowest BCUT2D eigenvalue weighted by Gasteiger charge is -2.07. The van der Waals surface area contributed by atoms with Gasteiger partial charge in [-0.15, -0.1) is 0 Å². The van der Waals surface area contributed by atoms with Crippen molar-refractivity contribution in [2.45, 2.75) is 6.54 Å². The number of nitrogens with one attached hydrogen (secondary N) is 1. The molecule has 0 saturated carbocycles. The molecule has 0 fully saturated rings. The van der Waals surface area contributed by atoms with Gasteiger partial charge in [-0.3, -0.25) is 0 Å². The highest BCUT2D eigenvalue weighted by atomic mass is 35.5. The smallest absolute Gasteiger partial charge is 0.152 e. The quantitative estimate of drug-likeness (QED) is 0.842. The van der Waals surface area contributed by atoms with Gasteiger partial charge in [0.25, 0.3) is 0 Å². The summed E-state index contributed by atoms with van der Waals surface area (Å²) in [5.41, 5.74) is 2.47. The Hall–Kier alpha value is -2.05. The number of pyridine rings is 1. The number of halogens is 1. The molecule has 0 radical (unpaired) electrons. The third-order valence-corrected chi connectivity index (χ3v) is 2.60. The molecule has 4 heteroatoms. The van der Waals surface area contributed by atoms with E-state index in [0.717, 1.165) is 11.3 Å². The predicted molar refractivity (Wildman–Crippen MR) is 67.7 cm³/mol. The zero-order valence-corrected chi connectivity index (χ0v) is 9.78. The molecule has 0 bridgehead atoms. The second-order valence-corrected chi connectivity index (χ2v) is 3.87. The first-order valence-electron chi connectivity index (χ1n) is 5.13. The topological polar surface area (TPSA) is 48.7 Å². The van der Waals surface area contributed by atoms with Crippen molar-refractivity contribution in [3.63, 3.8) is 0 Å². The molecule has 1 heterocycles. The van der Waals surface area contributed by atoms with Crippen LogP contribution in [-0.4, -0.2) is 4.98 Å². The second kappa shape index (κ2) is 5.33. The Bertz CT molecular complexity index is 561. The molecule has 1 aromatic heterocycles. The monoisotopic (exact) mass is 243 g/mol. The fourth-order valence-electron chi connectivity index (χ4n) is 1.47. The summed E-state index contributed by atoms with van der Waals surface area (Å²) in [4.78, 5) is 3.98. The molecule has 0 aliphatic heterocycles. The van der Waals surface area contributed by atoms with E-state index in [4.69, 9.17) is 16.9 Å². The van der Waals surface area contributed by atoms with Gasteiger partial charge in [0, 0.05) is 12.7 Å². The van der Waals surface area contributed by atoms with E-state index in [1.165, 1.54) is 0 Å². The van der Waals surface area contributed by atoms with Gasteiger partial charge in [-0.05, 0) is 29.8 Å².